The quantitative estimate of drug-likeness (QED) is 0.176. The lowest BCUT2D eigenvalue weighted by atomic mass is 9.68. The van der Waals surface area contributed by atoms with Crippen LogP contribution in [0.2, 0.25) is 0 Å². The van der Waals surface area contributed by atoms with Crippen LogP contribution in [0.25, 0.3) is 54.6 Å². The van der Waals surface area contributed by atoms with Crippen LogP contribution >= 0.6 is 0 Å². The largest absolute Gasteiger partial charge is 0.456 e. The molecule has 1 unspecified atom stereocenters. The van der Waals surface area contributed by atoms with Crippen LogP contribution < -0.4 is 4.74 Å². The molecule has 0 N–H and O–H groups in total. The van der Waals surface area contributed by atoms with E-state index in [1.54, 1.807) is 0 Å². The first-order chi connectivity index (χ1) is 23.4. The van der Waals surface area contributed by atoms with Crippen LogP contribution in [0.15, 0.2) is 152 Å². The summed E-state index contributed by atoms with van der Waals surface area (Å²) in [7, 11) is 0. The van der Waals surface area contributed by atoms with Crippen molar-refractivity contribution >= 4 is 32.3 Å². The molecule has 2 aliphatic rings. The molecule has 8 aromatic rings. The Kier molecular flexibility index (Phi) is 5.54. The molecule has 0 radical (unpaired) electrons. The van der Waals surface area contributed by atoms with Crippen molar-refractivity contribution in [2.45, 2.75) is 31.6 Å². The molecule has 1 heteroatoms. The Bertz CT molecular complexity index is 2630. The normalized spacial score (nSPS) is 17.1. The maximum atomic E-state index is 6.95. The zero-order valence-electron chi connectivity index (χ0n) is 27.3. The van der Waals surface area contributed by atoms with Gasteiger partial charge in [0.2, 0.25) is 0 Å². The zero-order valence-corrected chi connectivity index (χ0v) is 27.3. The second kappa shape index (κ2) is 9.69. The van der Waals surface area contributed by atoms with Crippen molar-refractivity contribution in [2.75, 3.05) is 0 Å². The second-order valence-electron chi connectivity index (χ2n) is 14.2. The van der Waals surface area contributed by atoms with Crippen molar-refractivity contribution in [1.29, 1.82) is 0 Å². The number of hydrogen-bond acceptors (Lipinski definition) is 1. The van der Waals surface area contributed by atoms with E-state index < -0.39 is 0 Å². The van der Waals surface area contributed by atoms with E-state index in [0.29, 0.717) is 0 Å². The molecule has 1 aliphatic heterocycles. The summed E-state index contributed by atoms with van der Waals surface area (Å²) in [6.07, 6.45) is 0. The molecule has 48 heavy (non-hydrogen) atoms. The van der Waals surface area contributed by atoms with Gasteiger partial charge in [-0.05, 0) is 90.8 Å². The first-order valence-electron chi connectivity index (χ1n) is 16.9. The number of rotatable bonds is 2. The van der Waals surface area contributed by atoms with Gasteiger partial charge >= 0.3 is 0 Å². The monoisotopic (exact) mass is 614 g/mol. The molecule has 10 rings (SSSR count). The van der Waals surface area contributed by atoms with E-state index in [9.17, 15) is 0 Å². The van der Waals surface area contributed by atoms with E-state index in [-0.39, 0.29) is 10.8 Å². The lowest BCUT2D eigenvalue weighted by Crippen LogP contribution is -2.30. The molecule has 1 atom stereocenters. The van der Waals surface area contributed by atoms with E-state index in [1.807, 2.05) is 0 Å². The lowest BCUT2D eigenvalue weighted by Gasteiger charge is -2.39. The van der Waals surface area contributed by atoms with Crippen molar-refractivity contribution in [2.24, 2.45) is 0 Å². The molecule has 0 bridgehead atoms. The zero-order chi connectivity index (χ0) is 32.2. The van der Waals surface area contributed by atoms with Gasteiger partial charge in [-0.3, -0.25) is 0 Å². The fraction of sp³-hybridized carbons (Fsp3) is 0.106. The third-order valence-electron chi connectivity index (χ3n) is 11.4. The van der Waals surface area contributed by atoms with Gasteiger partial charge in [0.15, 0.2) is 0 Å². The summed E-state index contributed by atoms with van der Waals surface area (Å²) < 4.78 is 6.95. The minimum atomic E-state index is -0.347. The van der Waals surface area contributed by atoms with Crippen molar-refractivity contribution in [1.82, 2.24) is 0 Å². The van der Waals surface area contributed by atoms with Crippen LogP contribution in [-0.2, 0) is 10.8 Å². The Balaban J connectivity index is 1.21. The highest BCUT2D eigenvalue weighted by Gasteiger charge is 2.45. The lowest BCUT2D eigenvalue weighted by molar-refractivity contribution is 0.428. The third kappa shape index (κ3) is 3.56. The molecular weight excluding hydrogens is 581 g/mol. The summed E-state index contributed by atoms with van der Waals surface area (Å²) >= 11 is 0. The molecule has 0 aromatic heterocycles. The maximum Gasteiger partial charge on any atom is 0.140 e. The van der Waals surface area contributed by atoms with Gasteiger partial charge < -0.3 is 4.74 Å². The highest BCUT2D eigenvalue weighted by Crippen LogP contribution is 2.60. The highest BCUT2D eigenvalue weighted by atomic mass is 16.5. The Morgan fingerprint density at radius 3 is 1.98 bits per heavy atom. The van der Waals surface area contributed by atoms with Gasteiger partial charge in [-0.15, -0.1) is 0 Å². The molecule has 8 aromatic carbocycles. The predicted molar refractivity (Wildman–Crippen MR) is 200 cm³/mol. The summed E-state index contributed by atoms with van der Waals surface area (Å²) in [5.41, 5.74) is 10.8. The first kappa shape index (κ1) is 27.5. The smallest absolute Gasteiger partial charge is 0.140 e. The van der Waals surface area contributed by atoms with E-state index in [4.69, 9.17) is 4.74 Å². The minimum absolute atomic E-state index is 0.196. The van der Waals surface area contributed by atoms with Crippen molar-refractivity contribution < 1.29 is 4.74 Å². The molecule has 1 aliphatic carbocycles. The van der Waals surface area contributed by atoms with Crippen LogP contribution in [0.4, 0.5) is 0 Å². The standard InChI is InChI=1S/C47H34O/c1-46(2)40-25-26-41-45(48-43-20-12-11-19-39(43)47(41,3)31-14-5-4-6-15-31)44(40)36-24-22-30(27-42(36)46)37-28-38-32-16-8-7-13-29(32)21-23-35(38)33-17-9-10-18-34(33)37/h4-28H,1-3H3. The predicted octanol–water partition coefficient (Wildman–Crippen LogP) is 12.6. The Morgan fingerprint density at radius 1 is 0.438 bits per heavy atom. The van der Waals surface area contributed by atoms with Gasteiger partial charge in [-0.25, -0.2) is 0 Å². The average Bonchev–Trinajstić information content (AvgIpc) is 3.37. The molecule has 0 saturated carbocycles. The summed E-state index contributed by atoms with van der Waals surface area (Å²) in [5, 5.41) is 7.73. The van der Waals surface area contributed by atoms with Crippen LogP contribution in [-0.4, -0.2) is 0 Å². The number of fused-ring (bicyclic) bond motifs is 11. The minimum Gasteiger partial charge on any atom is -0.456 e. The van der Waals surface area contributed by atoms with E-state index >= 15 is 0 Å². The van der Waals surface area contributed by atoms with Crippen molar-refractivity contribution in [3.05, 3.63) is 179 Å². The van der Waals surface area contributed by atoms with Gasteiger partial charge in [-0.2, -0.15) is 0 Å². The second-order valence-corrected chi connectivity index (χ2v) is 14.2. The van der Waals surface area contributed by atoms with Crippen LogP contribution in [0.1, 0.15) is 48.6 Å². The van der Waals surface area contributed by atoms with Crippen LogP contribution in [0.3, 0.4) is 0 Å². The Morgan fingerprint density at radius 2 is 1.12 bits per heavy atom. The molecule has 228 valence electrons. The van der Waals surface area contributed by atoms with Gasteiger partial charge in [0, 0.05) is 27.5 Å². The topological polar surface area (TPSA) is 9.23 Å². The Labute approximate surface area is 281 Å². The number of para-hydroxylation sites is 1. The molecule has 1 heterocycles. The van der Waals surface area contributed by atoms with Crippen molar-refractivity contribution in [3.8, 4) is 33.8 Å². The number of hydrogen-bond donors (Lipinski definition) is 0. The van der Waals surface area contributed by atoms with Gasteiger partial charge in [-0.1, -0.05) is 147 Å². The Hall–Kier alpha value is -5.66. The maximum absolute atomic E-state index is 6.95. The summed E-state index contributed by atoms with van der Waals surface area (Å²) in [4.78, 5) is 0. The number of benzene rings is 8. The van der Waals surface area contributed by atoms with Crippen LogP contribution in [0.5, 0.6) is 11.5 Å². The van der Waals surface area contributed by atoms with Crippen molar-refractivity contribution in [3.63, 3.8) is 0 Å². The molecule has 0 saturated heterocycles. The molecule has 0 spiro atoms. The van der Waals surface area contributed by atoms with Gasteiger partial charge in [0.25, 0.3) is 0 Å². The third-order valence-corrected chi connectivity index (χ3v) is 11.4. The highest BCUT2D eigenvalue weighted by molar-refractivity contribution is 6.21. The average molecular weight is 615 g/mol. The summed E-state index contributed by atoms with van der Waals surface area (Å²) in [6.45, 7) is 7.09. The van der Waals surface area contributed by atoms with E-state index in [0.717, 1.165) is 11.5 Å². The van der Waals surface area contributed by atoms with E-state index in [1.165, 1.54) is 82.4 Å². The SMILES string of the molecule is CC1(C)c2cc(-c3cc4c5ccccc5ccc4c4ccccc34)ccc2-c2c1ccc1c2Oc2ccccc2C1(C)c1ccccc1. The van der Waals surface area contributed by atoms with E-state index in [2.05, 4.69) is 172 Å². The number of ether oxygens (including phenoxy) is 1. The van der Waals surface area contributed by atoms with Crippen LogP contribution in [0, 0.1) is 0 Å². The fourth-order valence-electron chi connectivity index (χ4n) is 8.87. The molecule has 1 nitrogen and oxygen atoms in total. The molecular formula is C47H34O. The summed E-state index contributed by atoms with van der Waals surface area (Å²) in [6, 6.07) is 55.8. The molecule has 0 fully saturated rings. The summed E-state index contributed by atoms with van der Waals surface area (Å²) in [5.74, 6) is 1.92. The molecule has 0 amide bonds. The first-order valence-corrected chi connectivity index (χ1v) is 16.9. The van der Waals surface area contributed by atoms with Gasteiger partial charge in [0.1, 0.15) is 11.5 Å². The fourth-order valence-corrected chi connectivity index (χ4v) is 8.87. The van der Waals surface area contributed by atoms with Gasteiger partial charge in [0.05, 0.1) is 0 Å².